The number of rotatable bonds is 2. The second kappa shape index (κ2) is 4.07. The molecule has 2 aromatic rings. The normalized spacial score (nSPS) is 20.6. The van der Waals surface area contributed by atoms with Crippen LogP contribution in [0, 0.1) is 5.92 Å². The van der Waals surface area contributed by atoms with Gasteiger partial charge in [-0.1, -0.05) is 18.2 Å². The highest BCUT2D eigenvalue weighted by Crippen LogP contribution is 2.35. The largest absolute Gasteiger partial charge is 0.350 e. The number of aryl methyl sites for hydroxylation is 1. The SMILES string of the molecule is Cn1cc(C=C2C(=O)NN=C2C2CC2)c2ccccc21. The molecule has 4 rings (SSSR count). The van der Waals surface area contributed by atoms with Crippen LogP contribution in [0.1, 0.15) is 18.4 Å². The number of hydrazone groups is 1. The van der Waals surface area contributed by atoms with Gasteiger partial charge in [-0.2, -0.15) is 5.10 Å². The Balaban J connectivity index is 1.85. The molecule has 1 aliphatic heterocycles. The van der Waals surface area contributed by atoms with Gasteiger partial charge in [-0.05, 0) is 25.0 Å². The van der Waals surface area contributed by atoms with Crippen LogP contribution in [0.4, 0.5) is 0 Å². The third-order valence-corrected chi connectivity index (χ3v) is 3.99. The van der Waals surface area contributed by atoms with Crippen molar-refractivity contribution in [1.29, 1.82) is 0 Å². The van der Waals surface area contributed by atoms with Gasteiger partial charge in [-0.15, -0.1) is 0 Å². The van der Waals surface area contributed by atoms with Gasteiger partial charge in [0.25, 0.3) is 5.91 Å². The molecule has 4 heteroatoms. The summed E-state index contributed by atoms with van der Waals surface area (Å²) in [5.74, 6) is 0.384. The van der Waals surface area contributed by atoms with Gasteiger partial charge >= 0.3 is 0 Å². The summed E-state index contributed by atoms with van der Waals surface area (Å²) in [4.78, 5) is 12.0. The van der Waals surface area contributed by atoms with Crippen LogP contribution >= 0.6 is 0 Å². The second-order valence-electron chi connectivity index (χ2n) is 5.48. The van der Waals surface area contributed by atoms with Crippen molar-refractivity contribution < 1.29 is 4.79 Å². The molecule has 0 saturated heterocycles. The molecular formula is C16H15N3O. The van der Waals surface area contributed by atoms with E-state index in [4.69, 9.17) is 0 Å². The minimum atomic E-state index is -0.0835. The number of fused-ring (bicyclic) bond motifs is 1. The molecule has 2 aliphatic rings. The first-order valence-electron chi connectivity index (χ1n) is 6.88. The molecule has 1 aromatic heterocycles. The molecule has 20 heavy (non-hydrogen) atoms. The standard InChI is InChI=1S/C16H15N3O/c1-19-9-11(12-4-2-3-5-14(12)19)8-13-15(10-6-7-10)17-18-16(13)20/h2-5,8-10H,6-7H2,1H3,(H,18,20). The van der Waals surface area contributed by atoms with E-state index >= 15 is 0 Å². The zero-order valence-electron chi connectivity index (χ0n) is 11.3. The highest BCUT2D eigenvalue weighted by atomic mass is 16.2. The summed E-state index contributed by atoms with van der Waals surface area (Å²) in [6, 6.07) is 8.22. The van der Waals surface area contributed by atoms with Gasteiger partial charge in [0.05, 0.1) is 11.3 Å². The van der Waals surface area contributed by atoms with Crippen LogP contribution < -0.4 is 5.43 Å². The Morgan fingerprint density at radius 3 is 2.95 bits per heavy atom. The summed E-state index contributed by atoms with van der Waals surface area (Å²) in [5.41, 5.74) is 6.49. The summed E-state index contributed by atoms with van der Waals surface area (Å²) in [7, 11) is 2.02. The van der Waals surface area contributed by atoms with Crippen molar-refractivity contribution in [3.05, 3.63) is 41.6 Å². The van der Waals surface area contributed by atoms with E-state index in [0.717, 1.165) is 35.1 Å². The number of carbonyl (C=O) groups excluding carboxylic acids is 1. The van der Waals surface area contributed by atoms with E-state index in [1.807, 2.05) is 25.3 Å². The quantitative estimate of drug-likeness (QED) is 0.833. The molecular weight excluding hydrogens is 250 g/mol. The third-order valence-electron chi connectivity index (χ3n) is 3.99. The lowest BCUT2D eigenvalue weighted by atomic mass is 10.0. The summed E-state index contributed by atoms with van der Waals surface area (Å²) in [5, 5.41) is 5.35. The number of para-hydroxylation sites is 1. The third kappa shape index (κ3) is 1.68. The Hall–Kier alpha value is -2.36. The zero-order chi connectivity index (χ0) is 13.7. The summed E-state index contributed by atoms with van der Waals surface area (Å²) in [6.45, 7) is 0. The maximum atomic E-state index is 12.0. The molecule has 1 amide bonds. The van der Waals surface area contributed by atoms with E-state index < -0.39 is 0 Å². The van der Waals surface area contributed by atoms with Crippen LogP contribution in [0.5, 0.6) is 0 Å². The molecule has 0 atom stereocenters. The average Bonchev–Trinajstić information content (AvgIpc) is 3.17. The highest BCUT2D eigenvalue weighted by Gasteiger charge is 2.35. The molecule has 0 bridgehead atoms. The average molecular weight is 265 g/mol. The molecule has 4 nitrogen and oxygen atoms in total. The van der Waals surface area contributed by atoms with Gasteiger partial charge in [0.2, 0.25) is 0 Å². The van der Waals surface area contributed by atoms with Gasteiger partial charge in [-0.3, -0.25) is 4.79 Å². The molecule has 1 saturated carbocycles. The maximum absolute atomic E-state index is 12.0. The lowest BCUT2D eigenvalue weighted by molar-refractivity contribution is -0.116. The van der Waals surface area contributed by atoms with E-state index in [1.165, 1.54) is 5.52 Å². The molecule has 1 fully saturated rings. The number of amides is 1. The van der Waals surface area contributed by atoms with E-state index in [-0.39, 0.29) is 5.91 Å². The van der Waals surface area contributed by atoms with Crippen molar-refractivity contribution >= 4 is 28.6 Å². The first-order chi connectivity index (χ1) is 9.74. The molecule has 0 spiro atoms. The predicted octanol–water partition coefficient (Wildman–Crippen LogP) is 2.46. The summed E-state index contributed by atoms with van der Waals surface area (Å²) < 4.78 is 2.09. The fourth-order valence-electron chi connectivity index (χ4n) is 2.80. The maximum Gasteiger partial charge on any atom is 0.273 e. The number of nitrogens with zero attached hydrogens (tertiary/aromatic N) is 2. The number of benzene rings is 1. The minimum Gasteiger partial charge on any atom is -0.350 e. The topological polar surface area (TPSA) is 46.4 Å². The van der Waals surface area contributed by atoms with Crippen molar-refractivity contribution in [3.8, 4) is 0 Å². The lowest BCUT2D eigenvalue weighted by Gasteiger charge is -1.98. The number of nitrogens with one attached hydrogen (secondary N) is 1. The molecule has 1 aromatic carbocycles. The Morgan fingerprint density at radius 1 is 1.35 bits per heavy atom. The van der Waals surface area contributed by atoms with Gasteiger partial charge in [0.1, 0.15) is 0 Å². The lowest BCUT2D eigenvalue weighted by Crippen LogP contribution is -2.13. The summed E-state index contributed by atoms with van der Waals surface area (Å²) >= 11 is 0. The molecule has 0 unspecified atom stereocenters. The minimum absolute atomic E-state index is 0.0835. The fraction of sp³-hybridized carbons (Fsp3) is 0.250. The first kappa shape index (κ1) is 11.5. The Labute approximate surface area is 116 Å². The van der Waals surface area contributed by atoms with Gasteiger partial charge in [-0.25, -0.2) is 5.43 Å². The van der Waals surface area contributed by atoms with Crippen LogP contribution in [0.2, 0.25) is 0 Å². The highest BCUT2D eigenvalue weighted by molar-refractivity contribution is 6.29. The van der Waals surface area contributed by atoms with E-state index in [2.05, 4.69) is 33.4 Å². The van der Waals surface area contributed by atoms with E-state index in [0.29, 0.717) is 5.92 Å². The van der Waals surface area contributed by atoms with Crippen LogP contribution in [0.25, 0.3) is 17.0 Å². The van der Waals surface area contributed by atoms with E-state index in [9.17, 15) is 4.79 Å². The number of hydrogen-bond donors (Lipinski definition) is 1. The molecule has 100 valence electrons. The van der Waals surface area contributed by atoms with E-state index in [1.54, 1.807) is 0 Å². The predicted molar refractivity (Wildman–Crippen MR) is 79.2 cm³/mol. The van der Waals surface area contributed by atoms with Gasteiger partial charge in [0, 0.05) is 35.6 Å². The fourth-order valence-corrected chi connectivity index (χ4v) is 2.80. The van der Waals surface area contributed by atoms with Gasteiger partial charge in [0.15, 0.2) is 0 Å². The zero-order valence-corrected chi connectivity index (χ0v) is 11.3. The Morgan fingerprint density at radius 2 is 2.15 bits per heavy atom. The molecule has 0 radical (unpaired) electrons. The number of carbonyl (C=O) groups is 1. The van der Waals surface area contributed by atoms with Crippen LogP contribution in [-0.2, 0) is 11.8 Å². The van der Waals surface area contributed by atoms with Crippen molar-refractivity contribution in [2.75, 3.05) is 0 Å². The number of hydrogen-bond acceptors (Lipinski definition) is 2. The smallest absolute Gasteiger partial charge is 0.273 e. The Kier molecular flexibility index (Phi) is 2.33. The monoisotopic (exact) mass is 265 g/mol. The van der Waals surface area contributed by atoms with Crippen molar-refractivity contribution in [2.24, 2.45) is 18.1 Å². The van der Waals surface area contributed by atoms with Crippen LogP contribution in [0.15, 0.2) is 41.1 Å². The van der Waals surface area contributed by atoms with Crippen molar-refractivity contribution in [3.63, 3.8) is 0 Å². The first-order valence-corrected chi connectivity index (χ1v) is 6.88. The molecule has 1 N–H and O–H groups in total. The molecule has 2 heterocycles. The van der Waals surface area contributed by atoms with Crippen molar-refractivity contribution in [1.82, 2.24) is 9.99 Å². The van der Waals surface area contributed by atoms with Crippen molar-refractivity contribution in [2.45, 2.75) is 12.8 Å². The second-order valence-corrected chi connectivity index (χ2v) is 5.48. The van der Waals surface area contributed by atoms with Gasteiger partial charge < -0.3 is 4.57 Å². The molecule has 1 aliphatic carbocycles. The number of aromatic nitrogens is 1. The van der Waals surface area contributed by atoms with Crippen LogP contribution in [-0.4, -0.2) is 16.2 Å². The van der Waals surface area contributed by atoms with Crippen LogP contribution in [0.3, 0.4) is 0 Å². The summed E-state index contributed by atoms with van der Waals surface area (Å²) in [6.07, 6.45) is 6.32. The Bertz CT molecular complexity index is 778.